The summed E-state index contributed by atoms with van der Waals surface area (Å²) in [5.74, 6) is 1.04. The minimum Gasteiger partial charge on any atom is -0.391 e. The van der Waals surface area contributed by atoms with Crippen LogP contribution in [0.3, 0.4) is 0 Å². The molecule has 1 N–H and O–H groups in total. The molecule has 15 heavy (non-hydrogen) atoms. The van der Waals surface area contributed by atoms with Crippen molar-refractivity contribution in [3.05, 3.63) is 0 Å². The molecule has 2 rings (SSSR count). The lowest BCUT2D eigenvalue weighted by Gasteiger charge is -2.16. The molecule has 1 atom stereocenters. The topological polar surface area (TPSA) is 40.5 Å². The predicted octanol–water partition coefficient (Wildman–Crippen LogP) is 1.55. The van der Waals surface area contributed by atoms with Crippen LogP contribution in [-0.4, -0.2) is 35.1 Å². The monoisotopic (exact) mass is 211 g/mol. The molecule has 1 saturated heterocycles. The first kappa shape index (κ1) is 10.9. The van der Waals surface area contributed by atoms with Gasteiger partial charge in [-0.05, 0) is 18.8 Å². The Balaban J connectivity index is 1.63. The largest absolute Gasteiger partial charge is 0.391 e. The Hall–Kier alpha value is -0.570. The lowest BCUT2D eigenvalue weighted by Crippen LogP contribution is -2.27. The zero-order chi connectivity index (χ0) is 10.7. The van der Waals surface area contributed by atoms with Gasteiger partial charge in [0, 0.05) is 13.1 Å². The lowest BCUT2D eigenvalue weighted by molar-refractivity contribution is -0.127. The molecule has 1 amide bonds. The molecule has 0 bridgehead atoms. The second-order valence-corrected chi connectivity index (χ2v) is 4.99. The number of hydrogen-bond donors (Lipinski definition) is 1. The summed E-state index contributed by atoms with van der Waals surface area (Å²) < 4.78 is 0. The van der Waals surface area contributed by atoms with Gasteiger partial charge >= 0.3 is 0 Å². The van der Waals surface area contributed by atoms with Gasteiger partial charge in [-0.25, -0.2) is 0 Å². The first-order valence-electron chi connectivity index (χ1n) is 6.21. The molecule has 1 heterocycles. The van der Waals surface area contributed by atoms with E-state index in [1.807, 2.05) is 4.90 Å². The predicted molar refractivity (Wildman–Crippen MR) is 58.4 cm³/mol. The van der Waals surface area contributed by atoms with Gasteiger partial charge in [0.25, 0.3) is 0 Å². The average Bonchev–Trinajstić information content (AvgIpc) is 2.77. The van der Waals surface area contributed by atoms with E-state index in [1.54, 1.807) is 0 Å². The van der Waals surface area contributed by atoms with Crippen LogP contribution in [0.2, 0.25) is 0 Å². The zero-order valence-corrected chi connectivity index (χ0v) is 9.32. The van der Waals surface area contributed by atoms with Crippen molar-refractivity contribution in [2.45, 2.75) is 51.0 Å². The van der Waals surface area contributed by atoms with Gasteiger partial charge in [-0.2, -0.15) is 0 Å². The highest BCUT2D eigenvalue weighted by molar-refractivity contribution is 5.78. The van der Waals surface area contributed by atoms with Crippen molar-refractivity contribution in [1.29, 1.82) is 0 Å². The Labute approximate surface area is 91.5 Å². The average molecular weight is 211 g/mol. The fraction of sp³-hybridized carbons (Fsp3) is 0.917. The van der Waals surface area contributed by atoms with Gasteiger partial charge in [-0.15, -0.1) is 0 Å². The summed E-state index contributed by atoms with van der Waals surface area (Å²) in [6.07, 6.45) is 7.86. The standard InChI is InChI=1S/C12H21NO2/c14-11-8-12(15)13(9-11)7-3-6-10-4-1-2-5-10/h10-11,14H,1-9H2. The molecule has 2 fully saturated rings. The second-order valence-electron chi connectivity index (χ2n) is 4.99. The number of hydrogen-bond acceptors (Lipinski definition) is 2. The van der Waals surface area contributed by atoms with E-state index in [9.17, 15) is 9.90 Å². The van der Waals surface area contributed by atoms with Gasteiger partial charge in [0.05, 0.1) is 12.5 Å². The van der Waals surface area contributed by atoms with Gasteiger partial charge in [0.15, 0.2) is 0 Å². The maximum absolute atomic E-state index is 11.4. The van der Waals surface area contributed by atoms with E-state index in [0.29, 0.717) is 13.0 Å². The van der Waals surface area contributed by atoms with Crippen molar-refractivity contribution in [1.82, 2.24) is 4.90 Å². The van der Waals surface area contributed by atoms with E-state index in [0.717, 1.165) is 18.9 Å². The Bertz CT molecular complexity index is 224. The highest BCUT2D eigenvalue weighted by Gasteiger charge is 2.27. The summed E-state index contributed by atoms with van der Waals surface area (Å²) in [5, 5.41) is 9.32. The van der Waals surface area contributed by atoms with Crippen molar-refractivity contribution in [3.63, 3.8) is 0 Å². The summed E-state index contributed by atoms with van der Waals surface area (Å²) in [6, 6.07) is 0. The molecule has 1 aliphatic heterocycles. The van der Waals surface area contributed by atoms with Crippen molar-refractivity contribution in [2.24, 2.45) is 5.92 Å². The highest BCUT2D eigenvalue weighted by Crippen LogP contribution is 2.28. The van der Waals surface area contributed by atoms with Crippen molar-refractivity contribution in [3.8, 4) is 0 Å². The van der Waals surface area contributed by atoms with E-state index in [1.165, 1.54) is 32.1 Å². The number of β-amino-alcohol motifs (C(OH)–C–C–N with tert-alkyl or cyclic N) is 1. The number of carbonyl (C=O) groups is 1. The van der Waals surface area contributed by atoms with Crippen LogP contribution in [0, 0.1) is 5.92 Å². The van der Waals surface area contributed by atoms with Gasteiger partial charge in [-0.1, -0.05) is 25.7 Å². The van der Waals surface area contributed by atoms with E-state index >= 15 is 0 Å². The molecular formula is C12H21NO2. The summed E-state index contributed by atoms with van der Waals surface area (Å²) in [5.41, 5.74) is 0. The Morgan fingerprint density at radius 2 is 2.07 bits per heavy atom. The maximum atomic E-state index is 11.4. The minimum atomic E-state index is -0.413. The van der Waals surface area contributed by atoms with Crippen LogP contribution >= 0.6 is 0 Å². The Morgan fingerprint density at radius 3 is 2.67 bits per heavy atom. The molecule has 0 spiro atoms. The quantitative estimate of drug-likeness (QED) is 0.766. The van der Waals surface area contributed by atoms with E-state index < -0.39 is 6.10 Å². The zero-order valence-electron chi connectivity index (χ0n) is 9.32. The highest BCUT2D eigenvalue weighted by atomic mass is 16.3. The van der Waals surface area contributed by atoms with Crippen LogP contribution in [0.4, 0.5) is 0 Å². The summed E-state index contributed by atoms with van der Waals surface area (Å²) in [6.45, 7) is 1.41. The summed E-state index contributed by atoms with van der Waals surface area (Å²) in [7, 11) is 0. The normalized spacial score (nSPS) is 27.9. The number of nitrogens with zero attached hydrogens (tertiary/aromatic N) is 1. The smallest absolute Gasteiger partial charge is 0.225 e. The Kier molecular flexibility index (Phi) is 3.62. The molecule has 0 radical (unpaired) electrons. The number of aliphatic hydroxyl groups is 1. The van der Waals surface area contributed by atoms with Crippen LogP contribution in [0.25, 0.3) is 0 Å². The summed E-state index contributed by atoms with van der Waals surface area (Å²) in [4.78, 5) is 13.2. The summed E-state index contributed by atoms with van der Waals surface area (Å²) >= 11 is 0. The molecule has 2 aliphatic rings. The van der Waals surface area contributed by atoms with E-state index in [-0.39, 0.29) is 5.91 Å². The number of aliphatic hydroxyl groups excluding tert-OH is 1. The number of amides is 1. The van der Waals surface area contributed by atoms with Crippen molar-refractivity contribution < 1.29 is 9.90 Å². The number of likely N-dealkylation sites (tertiary alicyclic amines) is 1. The van der Waals surface area contributed by atoms with Crippen LogP contribution in [0.1, 0.15) is 44.9 Å². The van der Waals surface area contributed by atoms with Gasteiger partial charge in [0.2, 0.25) is 5.91 Å². The van der Waals surface area contributed by atoms with Gasteiger partial charge in [0.1, 0.15) is 0 Å². The molecule has 0 aromatic carbocycles. The third-order valence-corrected chi connectivity index (χ3v) is 3.71. The van der Waals surface area contributed by atoms with E-state index in [2.05, 4.69) is 0 Å². The van der Waals surface area contributed by atoms with Crippen LogP contribution in [0.15, 0.2) is 0 Å². The first-order valence-corrected chi connectivity index (χ1v) is 6.21. The molecule has 0 aromatic heterocycles. The molecule has 3 nitrogen and oxygen atoms in total. The fourth-order valence-corrected chi connectivity index (χ4v) is 2.84. The number of rotatable bonds is 4. The van der Waals surface area contributed by atoms with E-state index in [4.69, 9.17) is 0 Å². The van der Waals surface area contributed by atoms with Crippen LogP contribution in [0.5, 0.6) is 0 Å². The van der Waals surface area contributed by atoms with Crippen LogP contribution in [-0.2, 0) is 4.79 Å². The fourth-order valence-electron chi connectivity index (χ4n) is 2.84. The van der Waals surface area contributed by atoms with Crippen molar-refractivity contribution >= 4 is 5.91 Å². The maximum Gasteiger partial charge on any atom is 0.225 e. The van der Waals surface area contributed by atoms with Crippen molar-refractivity contribution in [2.75, 3.05) is 13.1 Å². The second kappa shape index (κ2) is 4.97. The van der Waals surface area contributed by atoms with Gasteiger partial charge < -0.3 is 10.0 Å². The minimum absolute atomic E-state index is 0.133. The molecule has 3 heteroatoms. The molecule has 0 aromatic rings. The molecule has 1 aliphatic carbocycles. The SMILES string of the molecule is O=C1CC(O)CN1CCCC1CCCC1. The number of carbonyl (C=O) groups excluding carboxylic acids is 1. The third-order valence-electron chi connectivity index (χ3n) is 3.71. The third kappa shape index (κ3) is 2.94. The van der Waals surface area contributed by atoms with Gasteiger partial charge in [-0.3, -0.25) is 4.79 Å². The lowest BCUT2D eigenvalue weighted by atomic mass is 10.0. The molecule has 86 valence electrons. The molecular weight excluding hydrogens is 190 g/mol. The molecule has 1 saturated carbocycles. The Morgan fingerprint density at radius 1 is 1.33 bits per heavy atom. The van der Waals surface area contributed by atoms with Crippen LogP contribution < -0.4 is 0 Å². The first-order chi connectivity index (χ1) is 7.25. The molecule has 1 unspecified atom stereocenters.